The van der Waals surface area contributed by atoms with Gasteiger partial charge in [-0.3, -0.25) is 9.10 Å². The van der Waals surface area contributed by atoms with Crippen LogP contribution in [-0.2, 0) is 10.0 Å². The minimum Gasteiger partial charge on any atom is -0.349 e. The van der Waals surface area contributed by atoms with Gasteiger partial charge in [-0.05, 0) is 43.2 Å². The van der Waals surface area contributed by atoms with Crippen molar-refractivity contribution in [2.75, 3.05) is 11.4 Å². The van der Waals surface area contributed by atoms with Gasteiger partial charge in [0.25, 0.3) is 15.9 Å². The third kappa shape index (κ3) is 4.37. The molecule has 5 nitrogen and oxygen atoms in total. The molecule has 140 valence electrons. The Morgan fingerprint density at radius 3 is 2.27 bits per heavy atom. The number of benzene rings is 2. The van der Waals surface area contributed by atoms with E-state index in [4.69, 9.17) is 11.6 Å². The lowest BCUT2D eigenvalue weighted by Crippen LogP contribution is -2.34. The van der Waals surface area contributed by atoms with E-state index in [2.05, 4.69) is 5.32 Å². The van der Waals surface area contributed by atoms with E-state index >= 15 is 0 Å². The van der Waals surface area contributed by atoms with E-state index in [0.29, 0.717) is 11.3 Å². The van der Waals surface area contributed by atoms with Crippen LogP contribution in [0.5, 0.6) is 0 Å². The van der Waals surface area contributed by atoms with Crippen LogP contribution >= 0.6 is 11.6 Å². The van der Waals surface area contributed by atoms with Gasteiger partial charge in [-0.2, -0.15) is 0 Å². The van der Waals surface area contributed by atoms with E-state index in [1.54, 1.807) is 30.3 Å². The predicted octanol–water partition coefficient (Wildman–Crippen LogP) is 4.08. The Morgan fingerprint density at radius 2 is 1.73 bits per heavy atom. The fraction of sp³-hybridized carbons (Fsp3) is 0.316. The number of amides is 1. The maximum Gasteiger partial charge on any atom is 0.264 e. The van der Waals surface area contributed by atoms with Crippen LogP contribution in [0.1, 0.15) is 37.0 Å². The third-order valence-corrected chi connectivity index (χ3v) is 6.40. The van der Waals surface area contributed by atoms with Crippen LogP contribution in [0.4, 0.5) is 5.69 Å². The van der Waals surface area contributed by atoms with Crippen LogP contribution in [-0.4, -0.2) is 27.4 Å². The molecule has 7 heteroatoms. The minimum absolute atomic E-state index is 0.0828. The van der Waals surface area contributed by atoms with Gasteiger partial charge in [0.2, 0.25) is 0 Å². The van der Waals surface area contributed by atoms with E-state index in [-0.39, 0.29) is 21.9 Å². The van der Waals surface area contributed by atoms with Gasteiger partial charge < -0.3 is 5.32 Å². The van der Waals surface area contributed by atoms with E-state index in [1.165, 1.54) is 25.2 Å². The molecule has 0 unspecified atom stereocenters. The summed E-state index contributed by atoms with van der Waals surface area (Å²) in [7, 11) is -2.24. The maximum absolute atomic E-state index is 12.7. The number of carbonyl (C=O) groups excluding carboxylic acids is 1. The lowest BCUT2D eigenvalue weighted by Gasteiger charge is -2.21. The predicted molar refractivity (Wildman–Crippen MR) is 105 cm³/mol. The van der Waals surface area contributed by atoms with Gasteiger partial charge in [-0.25, -0.2) is 8.42 Å². The molecular weight excluding hydrogens is 372 g/mol. The van der Waals surface area contributed by atoms with Gasteiger partial charge in [-0.1, -0.05) is 43.6 Å². The zero-order chi connectivity index (χ0) is 19.3. The molecule has 0 saturated carbocycles. The number of carbonyl (C=O) groups is 1. The number of nitrogens with one attached hydrogen (secondary N) is 1. The summed E-state index contributed by atoms with van der Waals surface area (Å²) in [4.78, 5) is 12.6. The van der Waals surface area contributed by atoms with E-state index < -0.39 is 10.0 Å². The molecule has 0 saturated heterocycles. The Kier molecular flexibility index (Phi) is 6.67. The summed E-state index contributed by atoms with van der Waals surface area (Å²) in [6, 6.07) is 12.8. The second kappa shape index (κ2) is 8.56. The fourth-order valence-corrected chi connectivity index (χ4v) is 4.00. The van der Waals surface area contributed by atoms with Crippen molar-refractivity contribution in [2.45, 2.75) is 37.6 Å². The van der Waals surface area contributed by atoms with Crippen molar-refractivity contribution in [1.29, 1.82) is 0 Å². The molecule has 0 aromatic heterocycles. The van der Waals surface area contributed by atoms with Crippen LogP contribution in [0, 0.1) is 0 Å². The van der Waals surface area contributed by atoms with Crippen molar-refractivity contribution >= 4 is 33.2 Å². The molecule has 1 amide bonds. The molecule has 0 aliphatic heterocycles. The average molecular weight is 395 g/mol. The lowest BCUT2D eigenvalue weighted by atomic mass is 10.1. The highest BCUT2D eigenvalue weighted by atomic mass is 35.5. The maximum atomic E-state index is 12.7. The van der Waals surface area contributed by atoms with Crippen molar-refractivity contribution in [2.24, 2.45) is 0 Å². The molecule has 0 fully saturated rings. The van der Waals surface area contributed by atoms with E-state index in [0.717, 1.165) is 17.1 Å². The molecule has 2 rings (SSSR count). The molecule has 26 heavy (non-hydrogen) atoms. The minimum atomic E-state index is -3.69. The second-order valence-corrected chi connectivity index (χ2v) is 8.31. The highest BCUT2D eigenvalue weighted by Gasteiger charge is 2.22. The largest absolute Gasteiger partial charge is 0.349 e. The number of anilines is 1. The first-order valence-corrected chi connectivity index (χ1v) is 10.3. The Morgan fingerprint density at radius 1 is 1.12 bits per heavy atom. The molecule has 0 aliphatic rings. The average Bonchev–Trinajstić information content (AvgIpc) is 2.65. The van der Waals surface area contributed by atoms with Gasteiger partial charge in [0.05, 0.1) is 21.2 Å². The third-order valence-electron chi connectivity index (χ3n) is 4.28. The highest BCUT2D eigenvalue weighted by Crippen LogP contribution is 2.27. The van der Waals surface area contributed by atoms with Gasteiger partial charge in [-0.15, -0.1) is 0 Å². The zero-order valence-electron chi connectivity index (χ0n) is 15.1. The van der Waals surface area contributed by atoms with Crippen LogP contribution < -0.4 is 9.62 Å². The van der Waals surface area contributed by atoms with Crippen molar-refractivity contribution in [3.05, 3.63) is 59.1 Å². The molecule has 0 radical (unpaired) electrons. The second-order valence-electron chi connectivity index (χ2n) is 5.94. The van der Waals surface area contributed by atoms with Gasteiger partial charge in [0.1, 0.15) is 0 Å². The quantitative estimate of drug-likeness (QED) is 0.769. The summed E-state index contributed by atoms with van der Waals surface area (Å²) in [6.45, 7) is 4.01. The Balaban J connectivity index is 2.27. The van der Waals surface area contributed by atoms with Crippen molar-refractivity contribution in [3.8, 4) is 0 Å². The Bertz CT molecular complexity index is 866. The first-order chi connectivity index (χ1) is 12.3. The molecule has 2 aromatic carbocycles. The highest BCUT2D eigenvalue weighted by molar-refractivity contribution is 7.92. The number of hydrogen-bond acceptors (Lipinski definition) is 3. The number of rotatable bonds is 7. The van der Waals surface area contributed by atoms with Gasteiger partial charge in [0.15, 0.2) is 0 Å². The summed E-state index contributed by atoms with van der Waals surface area (Å²) in [5.41, 5.74) is 0.714. The monoisotopic (exact) mass is 394 g/mol. The smallest absolute Gasteiger partial charge is 0.264 e. The lowest BCUT2D eigenvalue weighted by molar-refractivity contribution is 0.0935. The van der Waals surface area contributed by atoms with Crippen LogP contribution in [0.25, 0.3) is 0 Å². The van der Waals surface area contributed by atoms with Crippen molar-refractivity contribution in [3.63, 3.8) is 0 Å². The van der Waals surface area contributed by atoms with Crippen molar-refractivity contribution < 1.29 is 13.2 Å². The van der Waals surface area contributed by atoms with E-state index in [1.807, 2.05) is 13.8 Å². The topological polar surface area (TPSA) is 66.5 Å². The molecular formula is C19H23ClN2O3S. The molecule has 0 bridgehead atoms. The standard InChI is InChI=1S/C19H23ClN2O3S/c1-4-14(5-2)21-19(23)17-12-11-15(13-18(17)20)22(3)26(24,25)16-9-7-6-8-10-16/h6-14H,4-5H2,1-3H3,(H,21,23). The number of sulfonamides is 1. The molecule has 0 aliphatic carbocycles. The van der Waals surface area contributed by atoms with E-state index in [9.17, 15) is 13.2 Å². The summed E-state index contributed by atoms with van der Waals surface area (Å²) in [5.74, 6) is -0.260. The molecule has 0 spiro atoms. The molecule has 1 N–H and O–H groups in total. The van der Waals surface area contributed by atoms with Crippen LogP contribution in [0.3, 0.4) is 0 Å². The fourth-order valence-electron chi connectivity index (χ4n) is 2.53. The molecule has 0 atom stereocenters. The first-order valence-electron chi connectivity index (χ1n) is 8.45. The van der Waals surface area contributed by atoms with Crippen LogP contribution in [0.2, 0.25) is 5.02 Å². The normalized spacial score (nSPS) is 11.4. The summed E-state index contributed by atoms with van der Waals surface area (Å²) < 4.78 is 26.5. The molecule has 2 aromatic rings. The van der Waals surface area contributed by atoms with Gasteiger partial charge in [0, 0.05) is 13.1 Å². The zero-order valence-corrected chi connectivity index (χ0v) is 16.6. The molecule has 0 heterocycles. The van der Waals surface area contributed by atoms with Crippen LogP contribution in [0.15, 0.2) is 53.4 Å². The number of nitrogens with zero attached hydrogens (tertiary/aromatic N) is 1. The van der Waals surface area contributed by atoms with Crippen molar-refractivity contribution in [1.82, 2.24) is 5.32 Å². The summed E-state index contributed by atoms with van der Waals surface area (Å²) in [5, 5.41) is 3.13. The first kappa shape index (κ1) is 20.3. The Labute approximate surface area is 160 Å². The number of halogens is 1. The van der Waals surface area contributed by atoms with Gasteiger partial charge >= 0.3 is 0 Å². The summed E-state index contributed by atoms with van der Waals surface area (Å²) >= 11 is 6.25. The summed E-state index contributed by atoms with van der Waals surface area (Å²) in [6.07, 6.45) is 1.66. The number of hydrogen-bond donors (Lipinski definition) is 1. The SMILES string of the molecule is CCC(CC)NC(=O)c1ccc(N(C)S(=O)(=O)c2ccccc2)cc1Cl. The Hall–Kier alpha value is -2.05.